The molecular weight excluding hydrogens is 533 g/mol. The third-order valence-corrected chi connectivity index (χ3v) is 8.76. The fraction of sp³-hybridized carbons (Fsp3) is 0.323. The van der Waals surface area contributed by atoms with Crippen molar-refractivity contribution in [2.24, 2.45) is 5.41 Å². The highest BCUT2D eigenvalue weighted by Crippen LogP contribution is 2.54. The van der Waals surface area contributed by atoms with Crippen molar-refractivity contribution in [1.29, 1.82) is 0 Å². The highest BCUT2D eigenvalue weighted by Gasteiger charge is 2.42. The molecule has 0 radical (unpaired) electrons. The Kier molecular flexibility index (Phi) is 6.43. The first-order chi connectivity index (χ1) is 18.7. The van der Waals surface area contributed by atoms with Crippen molar-refractivity contribution in [1.82, 2.24) is 10.1 Å². The maximum absolute atomic E-state index is 11.4. The first kappa shape index (κ1) is 25.9. The number of fused-ring (bicyclic) bond motifs is 1. The van der Waals surface area contributed by atoms with Crippen molar-refractivity contribution in [3.63, 3.8) is 0 Å². The van der Waals surface area contributed by atoms with Gasteiger partial charge in [-0.15, -0.1) is 0 Å². The van der Waals surface area contributed by atoms with Crippen LogP contribution in [0.1, 0.15) is 66.4 Å². The van der Waals surface area contributed by atoms with Gasteiger partial charge in [0.25, 0.3) is 0 Å². The zero-order chi connectivity index (χ0) is 27.5. The van der Waals surface area contributed by atoms with E-state index >= 15 is 0 Å². The molecule has 0 saturated carbocycles. The number of aryl methyl sites for hydroxylation is 1. The molecule has 0 atom stereocenters. The average molecular weight is 562 g/mol. The number of rotatable bonds is 5. The normalized spacial score (nSPS) is 16.6. The minimum atomic E-state index is -1.01. The fourth-order valence-corrected chi connectivity index (χ4v) is 6.58. The lowest BCUT2D eigenvalue weighted by atomic mass is 9.63. The van der Waals surface area contributed by atoms with E-state index in [1.165, 1.54) is 5.57 Å². The monoisotopic (exact) mass is 561 g/mol. The molecule has 4 aromatic rings. The lowest BCUT2D eigenvalue weighted by Crippen LogP contribution is -2.42. The van der Waals surface area contributed by atoms with E-state index in [1.807, 2.05) is 37.3 Å². The Balaban J connectivity index is 1.25. The Hall–Kier alpha value is -3.35. The second-order valence-corrected chi connectivity index (χ2v) is 11.9. The molecule has 1 spiro atoms. The van der Waals surface area contributed by atoms with Crippen LogP contribution in [-0.4, -0.2) is 34.3 Å². The van der Waals surface area contributed by atoms with Crippen LogP contribution in [0.4, 0.5) is 5.69 Å². The number of carboxylic acids is 1. The van der Waals surface area contributed by atoms with Crippen molar-refractivity contribution in [2.75, 3.05) is 18.0 Å². The number of anilines is 1. The van der Waals surface area contributed by atoms with E-state index in [4.69, 9.17) is 27.7 Å². The number of carboxylic acid groups (broad SMARTS) is 1. The number of aromatic carboxylic acids is 1. The highest BCUT2D eigenvalue weighted by molar-refractivity contribution is 6.39. The van der Waals surface area contributed by atoms with Crippen molar-refractivity contribution < 1.29 is 14.4 Å². The van der Waals surface area contributed by atoms with E-state index in [0.717, 1.165) is 71.6 Å². The molecule has 0 bridgehead atoms. The zero-order valence-corrected chi connectivity index (χ0v) is 23.6. The molecule has 2 aromatic carbocycles. The van der Waals surface area contributed by atoms with Crippen molar-refractivity contribution in [2.45, 2.75) is 46.0 Å². The molecule has 8 heteroatoms. The minimum Gasteiger partial charge on any atom is -0.477 e. The zero-order valence-electron chi connectivity index (χ0n) is 22.1. The predicted octanol–water partition coefficient (Wildman–Crippen LogP) is 8.40. The average Bonchev–Trinajstić information content (AvgIpc) is 3.31. The van der Waals surface area contributed by atoms with Gasteiger partial charge in [0.2, 0.25) is 0 Å². The van der Waals surface area contributed by atoms with Gasteiger partial charge < -0.3 is 14.5 Å². The smallest absolute Gasteiger partial charge is 0.354 e. The lowest BCUT2D eigenvalue weighted by molar-refractivity contribution is 0.0691. The molecule has 200 valence electrons. The number of carbonyl (C=O) groups is 1. The molecule has 0 amide bonds. The summed E-state index contributed by atoms with van der Waals surface area (Å²) in [5.41, 5.74) is 6.73. The lowest BCUT2D eigenvalue weighted by Gasteiger charge is -2.47. The molecular formula is C31H29Cl2N3O3. The summed E-state index contributed by atoms with van der Waals surface area (Å²) in [5.74, 6) is 0.0390. The largest absolute Gasteiger partial charge is 0.477 e. The maximum Gasteiger partial charge on any atom is 0.354 e. The van der Waals surface area contributed by atoms with E-state index in [2.05, 4.69) is 41.0 Å². The van der Waals surface area contributed by atoms with Gasteiger partial charge in [-0.25, -0.2) is 9.78 Å². The number of pyridine rings is 1. The summed E-state index contributed by atoms with van der Waals surface area (Å²) in [7, 11) is 0. The second kappa shape index (κ2) is 9.68. The molecule has 6 nitrogen and oxygen atoms in total. The molecule has 1 N–H and O–H groups in total. The van der Waals surface area contributed by atoms with Gasteiger partial charge in [-0.05, 0) is 79.1 Å². The van der Waals surface area contributed by atoms with Gasteiger partial charge in [-0.1, -0.05) is 54.3 Å². The second-order valence-electron chi connectivity index (χ2n) is 11.0. The first-order valence-electron chi connectivity index (χ1n) is 13.2. The van der Waals surface area contributed by atoms with Crippen LogP contribution in [0.25, 0.3) is 27.7 Å². The number of hydrogen-bond acceptors (Lipinski definition) is 5. The number of nitrogens with zero attached hydrogens (tertiary/aromatic N) is 3. The number of benzene rings is 2. The summed E-state index contributed by atoms with van der Waals surface area (Å²) in [6.45, 7) is 8.04. The predicted molar refractivity (Wildman–Crippen MR) is 156 cm³/mol. The van der Waals surface area contributed by atoms with E-state index in [1.54, 1.807) is 6.07 Å². The molecule has 3 heterocycles. The van der Waals surface area contributed by atoms with Crippen LogP contribution in [-0.2, 0) is 0 Å². The summed E-state index contributed by atoms with van der Waals surface area (Å²) < 4.78 is 5.84. The highest BCUT2D eigenvalue weighted by atomic mass is 35.5. The van der Waals surface area contributed by atoms with Gasteiger partial charge in [-0.2, -0.15) is 0 Å². The fourth-order valence-electron chi connectivity index (χ4n) is 6.00. The van der Waals surface area contributed by atoms with E-state index in [-0.39, 0.29) is 17.0 Å². The van der Waals surface area contributed by atoms with Crippen LogP contribution >= 0.6 is 23.2 Å². The van der Waals surface area contributed by atoms with Gasteiger partial charge in [-0.3, -0.25) is 0 Å². The van der Waals surface area contributed by atoms with Crippen LogP contribution < -0.4 is 4.90 Å². The molecule has 1 aliphatic carbocycles. The number of piperidine rings is 1. The quantitative estimate of drug-likeness (QED) is 0.263. The summed E-state index contributed by atoms with van der Waals surface area (Å²) >= 11 is 13.1. The number of allylic oxidation sites excluding steroid dienone is 2. The molecule has 6 rings (SSSR count). The number of aromatic nitrogens is 2. The van der Waals surface area contributed by atoms with Crippen LogP contribution in [0.15, 0.2) is 53.1 Å². The Bertz CT molecular complexity index is 1630. The molecule has 1 saturated heterocycles. The molecule has 2 aliphatic rings. The van der Waals surface area contributed by atoms with Crippen LogP contribution in [0.2, 0.25) is 10.0 Å². The molecule has 0 unspecified atom stereocenters. The first-order valence-corrected chi connectivity index (χ1v) is 14.0. The summed E-state index contributed by atoms with van der Waals surface area (Å²) in [4.78, 5) is 18.1. The third-order valence-electron chi connectivity index (χ3n) is 8.13. The van der Waals surface area contributed by atoms with Gasteiger partial charge in [0.05, 0.1) is 15.6 Å². The summed E-state index contributed by atoms with van der Waals surface area (Å²) in [6, 6.07) is 13.2. The van der Waals surface area contributed by atoms with Gasteiger partial charge in [0.1, 0.15) is 17.1 Å². The van der Waals surface area contributed by atoms with Crippen molar-refractivity contribution in [3.8, 4) is 11.3 Å². The molecule has 39 heavy (non-hydrogen) atoms. The third kappa shape index (κ3) is 4.50. The van der Waals surface area contributed by atoms with Gasteiger partial charge in [0.15, 0.2) is 0 Å². The standard InChI is InChI=1S/C31H29Cl2N3O3/c1-17(2)29-26(28(35-39-29)27-22(32)5-4-6-23(27)33)19-15-31(16-19)9-11-36(12-10-31)20-7-8-24-21(14-20)18(3)13-25(34-24)30(37)38/h4-8,13-15,17H,9-12,16H2,1-3H3,(H,37,38). The van der Waals surface area contributed by atoms with Crippen molar-refractivity contribution >= 4 is 51.3 Å². The number of halogens is 2. The number of hydrogen-bond donors (Lipinski definition) is 1. The SMILES string of the molecule is Cc1cc(C(=O)O)nc2ccc(N3CCC4(C=C(c5c(-c6c(Cl)cccc6Cl)noc5C(C)C)C4)CC3)cc12. The van der Waals surface area contributed by atoms with E-state index in [0.29, 0.717) is 15.6 Å². The Morgan fingerprint density at radius 2 is 1.77 bits per heavy atom. The van der Waals surface area contributed by atoms with E-state index in [9.17, 15) is 9.90 Å². The topological polar surface area (TPSA) is 79.5 Å². The Morgan fingerprint density at radius 3 is 2.41 bits per heavy atom. The van der Waals surface area contributed by atoms with Gasteiger partial charge in [0, 0.05) is 41.2 Å². The molecule has 1 fully saturated rings. The maximum atomic E-state index is 11.4. The van der Waals surface area contributed by atoms with Crippen molar-refractivity contribution in [3.05, 3.63) is 81.2 Å². The van der Waals surface area contributed by atoms with Crippen LogP contribution in [0.5, 0.6) is 0 Å². The van der Waals surface area contributed by atoms with Crippen LogP contribution in [0, 0.1) is 12.3 Å². The minimum absolute atomic E-state index is 0.0775. The molecule has 2 aromatic heterocycles. The van der Waals surface area contributed by atoms with Gasteiger partial charge >= 0.3 is 5.97 Å². The molecule has 1 aliphatic heterocycles. The Morgan fingerprint density at radius 1 is 1.08 bits per heavy atom. The van der Waals surface area contributed by atoms with E-state index < -0.39 is 5.97 Å². The summed E-state index contributed by atoms with van der Waals surface area (Å²) in [5, 5.41) is 15.9. The van der Waals surface area contributed by atoms with Crippen LogP contribution in [0.3, 0.4) is 0 Å². The Labute approximate surface area is 237 Å². The summed E-state index contributed by atoms with van der Waals surface area (Å²) in [6.07, 6.45) is 5.48.